The molecule has 3 rings (SSSR count). The minimum absolute atomic E-state index is 0.265. The van der Waals surface area contributed by atoms with Crippen LogP contribution in [-0.2, 0) is 5.41 Å². The summed E-state index contributed by atoms with van der Waals surface area (Å²) in [5.74, 6) is 0. The summed E-state index contributed by atoms with van der Waals surface area (Å²) in [5, 5.41) is 0. The zero-order chi connectivity index (χ0) is 16.3. The van der Waals surface area contributed by atoms with Crippen molar-refractivity contribution < 1.29 is 0 Å². The van der Waals surface area contributed by atoms with Crippen molar-refractivity contribution in [3.63, 3.8) is 0 Å². The van der Waals surface area contributed by atoms with Gasteiger partial charge in [-0.25, -0.2) is 0 Å². The molecular weight excluding hydrogens is 264 g/mol. The van der Waals surface area contributed by atoms with Crippen LogP contribution in [0.2, 0.25) is 0 Å². The van der Waals surface area contributed by atoms with E-state index in [1.165, 1.54) is 43.2 Å². The van der Waals surface area contributed by atoms with Crippen LogP contribution in [0.25, 0.3) is 0 Å². The molecule has 120 valence electrons. The number of hydrogen-bond acceptors (Lipinski definition) is 0. The van der Waals surface area contributed by atoms with Crippen LogP contribution in [0.4, 0.5) is 0 Å². The van der Waals surface area contributed by atoms with Crippen LogP contribution >= 0.6 is 0 Å². The Balaban J connectivity index is 0.000000561. The first kappa shape index (κ1) is 18.5. The third kappa shape index (κ3) is 4.22. The van der Waals surface area contributed by atoms with E-state index in [1.807, 2.05) is 27.7 Å². The second kappa shape index (κ2) is 10.2. The van der Waals surface area contributed by atoms with Crippen molar-refractivity contribution in [3.8, 4) is 0 Å². The number of rotatable bonds is 2. The van der Waals surface area contributed by atoms with Gasteiger partial charge in [-0.1, -0.05) is 108 Å². The third-order valence-corrected chi connectivity index (χ3v) is 4.36. The van der Waals surface area contributed by atoms with E-state index in [0.717, 1.165) is 0 Å². The molecule has 0 spiro atoms. The van der Waals surface area contributed by atoms with Crippen LogP contribution < -0.4 is 0 Å². The van der Waals surface area contributed by atoms with Gasteiger partial charge in [-0.05, 0) is 24.0 Å². The smallest absolute Gasteiger partial charge is 0.0202 e. The molecule has 0 heterocycles. The van der Waals surface area contributed by atoms with Gasteiger partial charge in [0.05, 0.1) is 0 Å². The first-order valence-electron chi connectivity index (χ1n) is 9.03. The Hall–Kier alpha value is -1.56. The van der Waals surface area contributed by atoms with E-state index in [9.17, 15) is 0 Å². The summed E-state index contributed by atoms with van der Waals surface area (Å²) in [6, 6.07) is 22.1. The lowest BCUT2D eigenvalue weighted by atomic mass is 9.65. The summed E-state index contributed by atoms with van der Waals surface area (Å²) < 4.78 is 0. The van der Waals surface area contributed by atoms with E-state index in [2.05, 4.69) is 60.7 Å². The summed E-state index contributed by atoms with van der Waals surface area (Å²) >= 11 is 0. The molecule has 0 aliphatic heterocycles. The second-order valence-electron chi connectivity index (χ2n) is 5.37. The van der Waals surface area contributed by atoms with Gasteiger partial charge in [0, 0.05) is 5.41 Å². The first-order valence-corrected chi connectivity index (χ1v) is 9.03. The van der Waals surface area contributed by atoms with Gasteiger partial charge < -0.3 is 0 Å². The van der Waals surface area contributed by atoms with Gasteiger partial charge in [-0.2, -0.15) is 0 Å². The van der Waals surface area contributed by atoms with Crippen molar-refractivity contribution >= 4 is 0 Å². The zero-order valence-corrected chi connectivity index (χ0v) is 14.8. The van der Waals surface area contributed by atoms with E-state index in [1.54, 1.807) is 0 Å². The minimum Gasteiger partial charge on any atom is -0.0683 e. The fourth-order valence-electron chi connectivity index (χ4n) is 3.41. The monoisotopic (exact) mass is 296 g/mol. The molecule has 0 nitrogen and oxygen atoms in total. The molecule has 0 unspecified atom stereocenters. The second-order valence-corrected chi connectivity index (χ2v) is 5.37. The van der Waals surface area contributed by atoms with Crippen LogP contribution in [0.15, 0.2) is 60.7 Å². The van der Waals surface area contributed by atoms with Crippen molar-refractivity contribution in [3.05, 3.63) is 71.8 Å². The Kier molecular flexibility index (Phi) is 8.58. The Morgan fingerprint density at radius 3 is 1.27 bits per heavy atom. The van der Waals surface area contributed by atoms with Crippen molar-refractivity contribution in [1.29, 1.82) is 0 Å². The van der Waals surface area contributed by atoms with E-state index < -0.39 is 0 Å². The molecule has 1 aliphatic carbocycles. The maximum atomic E-state index is 2.30. The van der Waals surface area contributed by atoms with Crippen molar-refractivity contribution in [2.24, 2.45) is 0 Å². The quantitative estimate of drug-likeness (QED) is 0.560. The number of hydrogen-bond donors (Lipinski definition) is 0. The molecule has 0 heteroatoms. The summed E-state index contributed by atoms with van der Waals surface area (Å²) in [6.07, 6.45) is 6.68. The highest BCUT2D eigenvalue weighted by molar-refractivity contribution is 5.39. The third-order valence-electron chi connectivity index (χ3n) is 4.36. The molecule has 1 fully saturated rings. The molecule has 0 saturated heterocycles. The fourth-order valence-corrected chi connectivity index (χ4v) is 3.41. The van der Waals surface area contributed by atoms with Gasteiger partial charge in [0.2, 0.25) is 0 Å². The van der Waals surface area contributed by atoms with E-state index in [0.29, 0.717) is 0 Å². The lowest BCUT2D eigenvalue weighted by Gasteiger charge is -2.38. The van der Waals surface area contributed by atoms with Gasteiger partial charge in [0.1, 0.15) is 0 Å². The van der Waals surface area contributed by atoms with Crippen molar-refractivity contribution in [2.45, 2.75) is 65.2 Å². The lowest BCUT2D eigenvalue weighted by Crippen LogP contribution is -2.30. The highest BCUT2D eigenvalue weighted by atomic mass is 14.4. The molecule has 0 N–H and O–H groups in total. The van der Waals surface area contributed by atoms with Crippen LogP contribution in [0.5, 0.6) is 0 Å². The van der Waals surface area contributed by atoms with Gasteiger partial charge in [-0.3, -0.25) is 0 Å². The molecule has 22 heavy (non-hydrogen) atoms. The predicted octanol–water partition coefficient (Wildman–Crippen LogP) is 6.99. The van der Waals surface area contributed by atoms with Gasteiger partial charge in [0.15, 0.2) is 0 Å². The lowest BCUT2D eigenvalue weighted by molar-refractivity contribution is 0.346. The Labute approximate surface area is 137 Å². The van der Waals surface area contributed by atoms with E-state index in [-0.39, 0.29) is 5.41 Å². The fraction of sp³-hybridized carbons (Fsp3) is 0.455. The average Bonchev–Trinajstić information content (AvgIpc) is 2.67. The molecule has 1 aliphatic rings. The van der Waals surface area contributed by atoms with E-state index >= 15 is 0 Å². The Bertz CT molecular complexity index is 436. The van der Waals surface area contributed by atoms with Gasteiger partial charge >= 0.3 is 0 Å². The predicted molar refractivity (Wildman–Crippen MR) is 99.4 cm³/mol. The van der Waals surface area contributed by atoms with Crippen LogP contribution in [0.1, 0.15) is 70.9 Å². The summed E-state index contributed by atoms with van der Waals surface area (Å²) in [5.41, 5.74) is 3.26. The molecule has 0 aromatic heterocycles. The van der Waals surface area contributed by atoms with E-state index in [4.69, 9.17) is 0 Å². The molecule has 0 radical (unpaired) electrons. The number of benzene rings is 2. The van der Waals surface area contributed by atoms with Crippen molar-refractivity contribution in [1.82, 2.24) is 0 Å². The Morgan fingerprint density at radius 1 is 0.545 bits per heavy atom. The molecule has 0 amide bonds. The zero-order valence-electron chi connectivity index (χ0n) is 14.8. The molecule has 0 bridgehead atoms. The molecular formula is C22H32. The minimum atomic E-state index is 0.265. The maximum absolute atomic E-state index is 2.30. The highest BCUT2D eigenvalue weighted by Crippen LogP contribution is 2.44. The average molecular weight is 296 g/mol. The first-order chi connectivity index (χ1) is 10.9. The van der Waals surface area contributed by atoms with Gasteiger partial charge in [0.25, 0.3) is 0 Å². The van der Waals surface area contributed by atoms with Crippen LogP contribution in [0, 0.1) is 0 Å². The summed E-state index contributed by atoms with van der Waals surface area (Å²) in [7, 11) is 0. The van der Waals surface area contributed by atoms with Crippen LogP contribution in [-0.4, -0.2) is 0 Å². The molecule has 2 aromatic carbocycles. The largest absolute Gasteiger partial charge is 0.0683 e. The van der Waals surface area contributed by atoms with Crippen LogP contribution in [0.3, 0.4) is 0 Å². The molecule has 1 saturated carbocycles. The standard InChI is InChI=1S/C18H20.2C2H6/c1-4-10-16(11-5-1)18(14-8-3-9-15-18)17-12-6-2-7-13-17;2*1-2/h1-2,4-7,10-13H,3,8-9,14-15H2;2*1-2H3. The summed E-state index contributed by atoms with van der Waals surface area (Å²) in [4.78, 5) is 0. The Morgan fingerprint density at radius 2 is 0.909 bits per heavy atom. The maximum Gasteiger partial charge on any atom is 0.0202 e. The molecule has 0 atom stereocenters. The van der Waals surface area contributed by atoms with Gasteiger partial charge in [-0.15, -0.1) is 0 Å². The molecule has 2 aromatic rings. The van der Waals surface area contributed by atoms with Crippen molar-refractivity contribution in [2.75, 3.05) is 0 Å². The topological polar surface area (TPSA) is 0 Å². The summed E-state index contributed by atoms with van der Waals surface area (Å²) in [6.45, 7) is 8.00. The normalized spacial score (nSPS) is 15.6. The highest BCUT2D eigenvalue weighted by Gasteiger charge is 2.35. The SMILES string of the molecule is CC.CC.c1ccc(C2(c3ccccc3)CCCCC2)cc1.